The second kappa shape index (κ2) is 9.55. The highest BCUT2D eigenvalue weighted by molar-refractivity contribution is 6.34. The van der Waals surface area contributed by atoms with Gasteiger partial charge < -0.3 is 14.2 Å². The third-order valence-electron chi connectivity index (χ3n) is 4.73. The molecule has 0 unspecified atom stereocenters. The van der Waals surface area contributed by atoms with Crippen molar-refractivity contribution < 1.29 is 28.7 Å². The van der Waals surface area contributed by atoms with Crippen molar-refractivity contribution in [2.24, 2.45) is 4.99 Å². The molecule has 1 aliphatic heterocycles. The summed E-state index contributed by atoms with van der Waals surface area (Å²) in [6.45, 7) is 0. The Labute approximate surface area is 198 Å². The van der Waals surface area contributed by atoms with Gasteiger partial charge in [-0.15, -0.1) is 0 Å². The number of rotatable bonds is 6. The van der Waals surface area contributed by atoms with Gasteiger partial charge in [-0.05, 0) is 48.0 Å². The number of ether oxygens (including phenoxy) is 3. The number of carbonyl (C=O) groups is 2. The number of nitrogens with zero attached hydrogens (tertiary/aromatic N) is 2. The van der Waals surface area contributed by atoms with Gasteiger partial charge in [0, 0.05) is 12.1 Å². The molecular formula is C24H15ClN2O7. The van der Waals surface area contributed by atoms with Crippen LogP contribution >= 0.6 is 11.6 Å². The first-order chi connectivity index (χ1) is 16.4. The number of cyclic esters (lactones) is 1. The number of non-ortho nitro benzene ring substituents is 1. The fraction of sp³-hybridized carbons (Fsp3) is 0.0417. The predicted octanol–water partition coefficient (Wildman–Crippen LogP) is 4.82. The molecule has 9 nitrogen and oxygen atoms in total. The Balaban J connectivity index is 1.56. The molecule has 0 bridgehead atoms. The van der Waals surface area contributed by atoms with E-state index in [0.717, 1.165) is 0 Å². The van der Waals surface area contributed by atoms with Crippen LogP contribution in [0, 0.1) is 10.1 Å². The molecule has 0 amide bonds. The number of carbonyl (C=O) groups excluding carboxylic acids is 2. The van der Waals surface area contributed by atoms with Crippen molar-refractivity contribution in [2.75, 3.05) is 7.11 Å². The molecule has 10 heteroatoms. The number of methoxy groups -OCH3 is 1. The van der Waals surface area contributed by atoms with Crippen molar-refractivity contribution in [1.82, 2.24) is 0 Å². The van der Waals surface area contributed by atoms with Crippen LogP contribution in [0.4, 0.5) is 5.69 Å². The van der Waals surface area contributed by atoms with E-state index in [-0.39, 0.29) is 34.3 Å². The molecule has 0 N–H and O–H groups in total. The van der Waals surface area contributed by atoms with E-state index in [0.29, 0.717) is 16.1 Å². The Morgan fingerprint density at radius 1 is 1.09 bits per heavy atom. The fourth-order valence-corrected chi connectivity index (χ4v) is 3.27. The van der Waals surface area contributed by atoms with E-state index in [1.165, 1.54) is 43.5 Å². The Bertz CT molecular complexity index is 1360. The average molecular weight is 479 g/mol. The molecule has 1 heterocycles. The van der Waals surface area contributed by atoms with E-state index in [9.17, 15) is 19.7 Å². The summed E-state index contributed by atoms with van der Waals surface area (Å²) in [5.74, 6) is -0.897. The monoisotopic (exact) mass is 478 g/mol. The largest absolute Gasteiger partial charge is 0.493 e. The maximum Gasteiger partial charge on any atom is 0.363 e. The first-order valence-corrected chi connectivity index (χ1v) is 10.2. The molecule has 34 heavy (non-hydrogen) atoms. The zero-order valence-corrected chi connectivity index (χ0v) is 18.3. The minimum absolute atomic E-state index is 0.0626. The van der Waals surface area contributed by atoms with E-state index >= 15 is 0 Å². The number of esters is 2. The third-order valence-corrected chi connectivity index (χ3v) is 5.06. The topological polar surface area (TPSA) is 117 Å². The summed E-state index contributed by atoms with van der Waals surface area (Å²) >= 11 is 6.14. The first kappa shape index (κ1) is 22.7. The lowest BCUT2D eigenvalue weighted by Gasteiger charge is -2.10. The van der Waals surface area contributed by atoms with Gasteiger partial charge in [-0.1, -0.05) is 29.8 Å². The average Bonchev–Trinajstić information content (AvgIpc) is 3.19. The number of halogens is 1. The van der Waals surface area contributed by atoms with Gasteiger partial charge in [0.15, 0.2) is 17.2 Å². The lowest BCUT2D eigenvalue weighted by atomic mass is 10.1. The quantitative estimate of drug-likeness (QED) is 0.164. The number of nitro benzene ring substituents is 1. The highest BCUT2D eigenvalue weighted by Crippen LogP contribution is 2.31. The van der Waals surface area contributed by atoms with Crippen LogP contribution in [0.2, 0.25) is 5.02 Å². The normalized spacial score (nSPS) is 13.9. The van der Waals surface area contributed by atoms with Gasteiger partial charge in [0.25, 0.3) is 5.69 Å². The summed E-state index contributed by atoms with van der Waals surface area (Å²) in [5, 5.41) is 11.2. The molecule has 0 saturated carbocycles. The Morgan fingerprint density at radius 3 is 2.50 bits per heavy atom. The minimum atomic E-state index is -0.715. The molecule has 170 valence electrons. The van der Waals surface area contributed by atoms with Crippen molar-refractivity contribution in [1.29, 1.82) is 0 Å². The van der Waals surface area contributed by atoms with Crippen molar-refractivity contribution in [2.45, 2.75) is 0 Å². The van der Waals surface area contributed by atoms with Gasteiger partial charge in [-0.25, -0.2) is 14.6 Å². The van der Waals surface area contributed by atoms with E-state index in [2.05, 4.69) is 4.99 Å². The molecule has 0 aliphatic carbocycles. The van der Waals surface area contributed by atoms with Crippen molar-refractivity contribution in [3.63, 3.8) is 0 Å². The van der Waals surface area contributed by atoms with Crippen molar-refractivity contribution >= 4 is 41.2 Å². The maximum absolute atomic E-state index is 12.4. The van der Waals surface area contributed by atoms with Gasteiger partial charge in [-0.2, -0.15) is 0 Å². The van der Waals surface area contributed by atoms with Crippen LogP contribution in [-0.4, -0.2) is 29.9 Å². The number of aliphatic imine (C=N–C) groups is 1. The second-order valence-electron chi connectivity index (χ2n) is 6.92. The van der Waals surface area contributed by atoms with Crippen LogP contribution in [0.15, 0.2) is 77.4 Å². The van der Waals surface area contributed by atoms with Gasteiger partial charge in [-0.3, -0.25) is 10.1 Å². The molecule has 0 spiro atoms. The summed E-state index contributed by atoms with van der Waals surface area (Å²) in [4.78, 5) is 39.1. The van der Waals surface area contributed by atoms with Crippen LogP contribution < -0.4 is 9.47 Å². The Kier molecular flexibility index (Phi) is 6.37. The highest BCUT2D eigenvalue weighted by Gasteiger charge is 2.25. The van der Waals surface area contributed by atoms with E-state index < -0.39 is 16.9 Å². The highest BCUT2D eigenvalue weighted by atomic mass is 35.5. The third kappa shape index (κ3) is 4.79. The number of benzene rings is 3. The summed E-state index contributed by atoms with van der Waals surface area (Å²) in [6.07, 6.45) is 1.50. The van der Waals surface area contributed by atoms with Gasteiger partial charge in [0.05, 0.1) is 28.2 Å². The van der Waals surface area contributed by atoms with Crippen LogP contribution in [0.5, 0.6) is 11.5 Å². The number of hydrogen-bond acceptors (Lipinski definition) is 8. The van der Waals surface area contributed by atoms with Crippen LogP contribution in [0.1, 0.15) is 21.5 Å². The molecule has 0 aromatic heterocycles. The molecule has 0 saturated heterocycles. The van der Waals surface area contributed by atoms with Crippen LogP contribution in [0.25, 0.3) is 6.08 Å². The zero-order chi connectivity index (χ0) is 24.2. The molecule has 0 radical (unpaired) electrons. The van der Waals surface area contributed by atoms with E-state index in [1.807, 2.05) is 0 Å². The van der Waals surface area contributed by atoms with Crippen molar-refractivity contribution in [3.8, 4) is 11.5 Å². The standard InChI is InChI=1S/C24H15ClN2O7/c1-32-21-13-14(12-19-24(29)34-22(26-19)17-4-2-3-5-18(17)25)6-11-20(21)33-23(28)15-7-9-16(10-8-15)27(30)31/h2-13H,1H3. The van der Waals surface area contributed by atoms with Gasteiger partial charge in [0.2, 0.25) is 5.90 Å². The predicted molar refractivity (Wildman–Crippen MR) is 123 cm³/mol. The Hall–Kier alpha value is -4.50. The van der Waals surface area contributed by atoms with Crippen LogP contribution in [-0.2, 0) is 9.53 Å². The smallest absolute Gasteiger partial charge is 0.363 e. The van der Waals surface area contributed by atoms with E-state index in [4.69, 9.17) is 25.8 Å². The SMILES string of the molecule is COc1cc(C=C2N=C(c3ccccc3Cl)OC2=O)ccc1OC(=O)c1ccc([N+](=O)[O-])cc1. The molecule has 1 aliphatic rings. The second-order valence-corrected chi connectivity index (χ2v) is 7.33. The van der Waals surface area contributed by atoms with Crippen LogP contribution in [0.3, 0.4) is 0 Å². The molecule has 3 aromatic carbocycles. The summed E-state index contributed by atoms with van der Waals surface area (Å²) < 4.78 is 15.9. The molecule has 0 atom stereocenters. The molecule has 4 rings (SSSR count). The van der Waals surface area contributed by atoms with E-state index in [1.54, 1.807) is 36.4 Å². The number of hydrogen-bond donors (Lipinski definition) is 0. The lowest BCUT2D eigenvalue weighted by molar-refractivity contribution is -0.384. The molecule has 0 fully saturated rings. The fourth-order valence-electron chi connectivity index (χ4n) is 3.05. The molecule has 3 aromatic rings. The summed E-state index contributed by atoms with van der Waals surface area (Å²) in [6, 6.07) is 16.5. The zero-order valence-electron chi connectivity index (χ0n) is 17.6. The van der Waals surface area contributed by atoms with Crippen molar-refractivity contribution in [3.05, 3.63) is 104 Å². The van der Waals surface area contributed by atoms with Gasteiger partial charge >= 0.3 is 11.9 Å². The number of nitro groups is 1. The lowest BCUT2D eigenvalue weighted by Crippen LogP contribution is -2.09. The summed E-state index contributed by atoms with van der Waals surface area (Å²) in [5.41, 5.74) is 1.09. The van der Waals surface area contributed by atoms with Gasteiger partial charge in [0.1, 0.15) is 0 Å². The first-order valence-electron chi connectivity index (χ1n) is 9.78. The molecular weight excluding hydrogens is 464 g/mol. The summed E-state index contributed by atoms with van der Waals surface area (Å²) in [7, 11) is 1.40. The minimum Gasteiger partial charge on any atom is -0.493 e. The Morgan fingerprint density at radius 2 is 1.82 bits per heavy atom. The maximum atomic E-state index is 12.4.